The Kier molecular flexibility index (Phi) is 7.25. The summed E-state index contributed by atoms with van der Waals surface area (Å²) in [4.78, 5) is 17.5. The number of piperazine rings is 1. The van der Waals surface area contributed by atoms with Gasteiger partial charge in [0, 0.05) is 37.1 Å². The predicted octanol–water partition coefficient (Wildman–Crippen LogP) is 2.04. The fraction of sp³-hybridized carbons (Fsp3) is 0.933. The molecule has 124 valence electrons. The van der Waals surface area contributed by atoms with Gasteiger partial charge in [-0.15, -0.1) is 24.8 Å². The van der Waals surface area contributed by atoms with Crippen molar-refractivity contribution in [3.63, 3.8) is 0 Å². The zero-order valence-electron chi connectivity index (χ0n) is 12.9. The van der Waals surface area contributed by atoms with E-state index in [0.717, 1.165) is 38.8 Å². The third-order valence-corrected chi connectivity index (χ3v) is 5.28. The van der Waals surface area contributed by atoms with Crippen LogP contribution in [0, 0.1) is 5.92 Å². The van der Waals surface area contributed by atoms with E-state index in [1.165, 1.54) is 19.4 Å². The fourth-order valence-corrected chi connectivity index (χ4v) is 4.18. The predicted molar refractivity (Wildman–Crippen MR) is 90.2 cm³/mol. The minimum absolute atomic E-state index is 0. The van der Waals surface area contributed by atoms with Gasteiger partial charge >= 0.3 is 0 Å². The molecule has 0 bridgehead atoms. The van der Waals surface area contributed by atoms with Crippen molar-refractivity contribution in [2.75, 3.05) is 19.6 Å². The van der Waals surface area contributed by atoms with E-state index in [2.05, 4.69) is 16.7 Å². The van der Waals surface area contributed by atoms with E-state index in [0.29, 0.717) is 18.0 Å². The first-order chi connectivity index (χ1) is 9.15. The van der Waals surface area contributed by atoms with Crippen LogP contribution in [0.1, 0.15) is 45.4 Å². The summed E-state index contributed by atoms with van der Waals surface area (Å²) in [6.45, 7) is 5.45. The molecule has 21 heavy (non-hydrogen) atoms. The van der Waals surface area contributed by atoms with E-state index in [4.69, 9.17) is 5.73 Å². The van der Waals surface area contributed by atoms with E-state index in [1.807, 2.05) is 0 Å². The van der Waals surface area contributed by atoms with Crippen molar-refractivity contribution in [3.8, 4) is 0 Å². The molecule has 3 fully saturated rings. The first-order valence-corrected chi connectivity index (χ1v) is 7.95. The molecule has 2 saturated heterocycles. The molecule has 3 rings (SSSR count). The maximum Gasteiger partial charge on any atom is 0.226 e. The molecule has 0 aromatic rings. The summed E-state index contributed by atoms with van der Waals surface area (Å²) in [5.74, 6) is 0.577. The summed E-state index contributed by atoms with van der Waals surface area (Å²) in [5, 5.41) is 0. The zero-order chi connectivity index (χ0) is 13.4. The molecule has 4 unspecified atom stereocenters. The van der Waals surface area contributed by atoms with Crippen molar-refractivity contribution in [3.05, 3.63) is 0 Å². The van der Waals surface area contributed by atoms with Gasteiger partial charge in [0.15, 0.2) is 0 Å². The highest BCUT2D eigenvalue weighted by atomic mass is 35.5. The summed E-state index contributed by atoms with van der Waals surface area (Å²) < 4.78 is 0. The largest absolute Gasteiger partial charge is 0.337 e. The van der Waals surface area contributed by atoms with Crippen molar-refractivity contribution in [1.82, 2.24) is 9.80 Å². The second-order valence-electron chi connectivity index (χ2n) is 6.75. The van der Waals surface area contributed by atoms with Crippen molar-refractivity contribution in [2.45, 2.75) is 63.6 Å². The van der Waals surface area contributed by atoms with Crippen molar-refractivity contribution in [2.24, 2.45) is 11.7 Å². The molecule has 0 aromatic heterocycles. The van der Waals surface area contributed by atoms with Crippen molar-refractivity contribution >= 4 is 30.7 Å². The number of fused-ring (bicyclic) bond motifs is 1. The number of carbonyl (C=O) groups is 1. The lowest BCUT2D eigenvalue weighted by atomic mass is 9.84. The van der Waals surface area contributed by atoms with Gasteiger partial charge in [-0.1, -0.05) is 6.42 Å². The molecule has 1 saturated carbocycles. The highest BCUT2D eigenvalue weighted by Gasteiger charge is 2.39. The van der Waals surface area contributed by atoms with Gasteiger partial charge in [-0.05, 0) is 45.6 Å². The SMILES string of the molecule is CC1CN2CCCC2CN1C(=O)C1CCCC(N)C1.Cl.Cl. The molecule has 2 N–H and O–H groups in total. The molecular weight excluding hydrogens is 309 g/mol. The minimum atomic E-state index is 0. The smallest absolute Gasteiger partial charge is 0.226 e. The van der Waals surface area contributed by atoms with Gasteiger partial charge in [0.1, 0.15) is 0 Å². The Bertz CT molecular complexity index is 356. The number of carbonyl (C=O) groups excluding carboxylic acids is 1. The topological polar surface area (TPSA) is 49.6 Å². The second-order valence-corrected chi connectivity index (χ2v) is 6.75. The van der Waals surface area contributed by atoms with E-state index in [-0.39, 0.29) is 36.8 Å². The molecule has 0 aromatic carbocycles. The molecule has 0 spiro atoms. The average molecular weight is 338 g/mol. The molecule has 0 radical (unpaired) electrons. The summed E-state index contributed by atoms with van der Waals surface area (Å²) in [6.07, 6.45) is 6.72. The van der Waals surface area contributed by atoms with Crippen LogP contribution in [0.5, 0.6) is 0 Å². The molecule has 2 heterocycles. The Morgan fingerprint density at radius 2 is 1.86 bits per heavy atom. The number of hydrogen-bond acceptors (Lipinski definition) is 3. The quantitative estimate of drug-likeness (QED) is 0.796. The molecule has 1 aliphatic carbocycles. The number of hydrogen-bond donors (Lipinski definition) is 1. The molecule has 6 heteroatoms. The van der Waals surface area contributed by atoms with Crippen molar-refractivity contribution in [1.29, 1.82) is 0 Å². The first kappa shape index (κ1) is 19.0. The maximum atomic E-state index is 12.7. The fourth-order valence-electron chi connectivity index (χ4n) is 4.18. The average Bonchev–Trinajstić information content (AvgIpc) is 2.84. The highest BCUT2D eigenvalue weighted by molar-refractivity contribution is 5.85. The molecule has 1 amide bonds. The second kappa shape index (κ2) is 8.00. The summed E-state index contributed by atoms with van der Waals surface area (Å²) in [6, 6.07) is 1.24. The van der Waals surface area contributed by atoms with Crippen LogP contribution in [0.3, 0.4) is 0 Å². The van der Waals surface area contributed by atoms with Crippen LogP contribution in [0.25, 0.3) is 0 Å². The summed E-state index contributed by atoms with van der Waals surface area (Å²) in [5.41, 5.74) is 6.03. The van der Waals surface area contributed by atoms with Crippen LogP contribution in [0.2, 0.25) is 0 Å². The van der Waals surface area contributed by atoms with Gasteiger partial charge in [-0.2, -0.15) is 0 Å². The van der Waals surface area contributed by atoms with Crippen molar-refractivity contribution < 1.29 is 4.79 Å². The van der Waals surface area contributed by atoms with E-state index in [9.17, 15) is 4.79 Å². The lowest BCUT2D eigenvalue weighted by Gasteiger charge is -2.44. The Balaban J connectivity index is 0.00000110. The highest BCUT2D eigenvalue weighted by Crippen LogP contribution is 2.29. The van der Waals surface area contributed by atoms with Gasteiger partial charge < -0.3 is 10.6 Å². The molecule has 2 aliphatic heterocycles. The van der Waals surface area contributed by atoms with E-state index in [1.54, 1.807) is 0 Å². The first-order valence-electron chi connectivity index (χ1n) is 7.95. The normalized spacial score (nSPS) is 36.4. The lowest BCUT2D eigenvalue weighted by Crippen LogP contribution is -2.58. The zero-order valence-corrected chi connectivity index (χ0v) is 14.5. The Hall–Kier alpha value is -0.0300. The minimum Gasteiger partial charge on any atom is -0.337 e. The van der Waals surface area contributed by atoms with Crippen LogP contribution in [-0.4, -0.2) is 53.5 Å². The van der Waals surface area contributed by atoms with Crippen LogP contribution >= 0.6 is 24.8 Å². The summed E-state index contributed by atoms with van der Waals surface area (Å²) >= 11 is 0. The van der Waals surface area contributed by atoms with Gasteiger partial charge in [0.05, 0.1) is 0 Å². The molecule has 4 nitrogen and oxygen atoms in total. The lowest BCUT2D eigenvalue weighted by molar-refractivity contribution is -0.142. The third-order valence-electron chi connectivity index (χ3n) is 5.28. The van der Waals surface area contributed by atoms with Crippen LogP contribution in [0.15, 0.2) is 0 Å². The van der Waals surface area contributed by atoms with Crippen LogP contribution < -0.4 is 5.73 Å². The standard InChI is InChI=1S/C15H27N3O.2ClH/c1-11-9-17-7-3-6-14(17)10-18(11)15(19)12-4-2-5-13(16)8-12;;/h11-14H,2-10,16H2,1H3;2*1H. The monoisotopic (exact) mass is 337 g/mol. The van der Waals surface area contributed by atoms with Gasteiger partial charge in [0.2, 0.25) is 5.91 Å². The number of halogens is 2. The number of amides is 1. The molecule has 3 aliphatic rings. The number of nitrogens with zero attached hydrogens (tertiary/aromatic N) is 2. The molecule has 4 atom stereocenters. The van der Waals surface area contributed by atoms with Crippen LogP contribution in [0.4, 0.5) is 0 Å². The Labute approximate surface area is 140 Å². The number of rotatable bonds is 1. The summed E-state index contributed by atoms with van der Waals surface area (Å²) in [7, 11) is 0. The van der Waals surface area contributed by atoms with Gasteiger partial charge in [0.25, 0.3) is 0 Å². The van der Waals surface area contributed by atoms with Crippen LogP contribution in [-0.2, 0) is 4.79 Å². The van der Waals surface area contributed by atoms with Gasteiger partial charge in [-0.3, -0.25) is 9.69 Å². The van der Waals surface area contributed by atoms with E-state index < -0.39 is 0 Å². The number of nitrogens with two attached hydrogens (primary N) is 1. The molecular formula is C15H29Cl2N3O. The van der Waals surface area contributed by atoms with E-state index >= 15 is 0 Å². The maximum absolute atomic E-state index is 12.7. The third kappa shape index (κ3) is 4.04. The Morgan fingerprint density at radius 1 is 1.10 bits per heavy atom. The Morgan fingerprint density at radius 3 is 2.57 bits per heavy atom. The van der Waals surface area contributed by atoms with Gasteiger partial charge in [-0.25, -0.2) is 0 Å².